The molecule has 1 aliphatic rings. The number of halogens is 3. The Morgan fingerprint density at radius 1 is 1.08 bits per heavy atom. The van der Waals surface area contributed by atoms with Gasteiger partial charge >= 0.3 is 0 Å². The number of hydrogen-bond donors (Lipinski definition) is 1. The first-order valence-electron chi connectivity index (χ1n) is 8.25. The lowest BCUT2D eigenvalue weighted by Gasteiger charge is -2.31. The maximum atomic E-state index is 13.6. The number of carbonyl (C=O) groups is 2. The van der Waals surface area contributed by atoms with Gasteiger partial charge in [-0.15, -0.1) is 0 Å². The number of nitrogens with zero attached hydrogens (tertiary/aromatic N) is 1. The second-order valence-electron chi connectivity index (χ2n) is 6.19. The molecule has 0 spiro atoms. The Hall–Kier alpha value is -2.47. The van der Waals surface area contributed by atoms with E-state index in [-0.39, 0.29) is 23.4 Å². The molecule has 2 amide bonds. The molecule has 26 heavy (non-hydrogen) atoms. The standard InChI is InChI=1S/C19H17ClF2N2O2/c20-14-3-1-2-13(10-14)19(26)24-8-6-12(7-9-24)18(25)23-17-5-4-15(21)11-16(17)22/h1-5,10-12H,6-9H2,(H,23,25). The van der Waals surface area contributed by atoms with Gasteiger partial charge in [0.15, 0.2) is 0 Å². The van der Waals surface area contributed by atoms with Crippen LogP contribution in [0.15, 0.2) is 42.5 Å². The van der Waals surface area contributed by atoms with Crippen LogP contribution in [0, 0.1) is 17.6 Å². The van der Waals surface area contributed by atoms with Crippen LogP contribution in [0.4, 0.5) is 14.5 Å². The van der Waals surface area contributed by atoms with Crippen molar-refractivity contribution in [2.45, 2.75) is 12.8 Å². The Balaban J connectivity index is 1.57. The molecular weight excluding hydrogens is 362 g/mol. The zero-order valence-electron chi connectivity index (χ0n) is 13.8. The van der Waals surface area contributed by atoms with Gasteiger partial charge in [0.25, 0.3) is 5.91 Å². The number of benzene rings is 2. The van der Waals surface area contributed by atoms with Gasteiger partial charge < -0.3 is 10.2 Å². The van der Waals surface area contributed by atoms with Crippen LogP contribution < -0.4 is 5.32 Å². The average Bonchev–Trinajstić information content (AvgIpc) is 2.63. The summed E-state index contributed by atoms with van der Waals surface area (Å²) in [5.41, 5.74) is 0.461. The van der Waals surface area contributed by atoms with E-state index in [9.17, 15) is 18.4 Å². The Morgan fingerprint density at radius 2 is 1.81 bits per heavy atom. The van der Waals surface area contributed by atoms with Gasteiger partial charge in [0, 0.05) is 35.7 Å². The van der Waals surface area contributed by atoms with Crippen LogP contribution in [0.2, 0.25) is 5.02 Å². The van der Waals surface area contributed by atoms with Crippen LogP contribution in [-0.4, -0.2) is 29.8 Å². The minimum Gasteiger partial charge on any atom is -0.339 e. The normalized spacial score (nSPS) is 15.0. The van der Waals surface area contributed by atoms with Crippen molar-refractivity contribution in [3.63, 3.8) is 0 Å². The van der Waals surface area contributed by atoms with E-state index in [1.807, 2.05) is 0 Å². The van der Waals surface area contributed by atoms with Crippen molar-refractivity contribution < 1.29 is 18.4 Å². The second kappa shape index (κ2) is 7.83. The molecule has 0 radical (unpaired) electrons. The summed E-state index contributed by atoms with van der Waals surface area (Å²) in [7, 11) is 0. The summed E-state index contributed by atoms with van der Waals surface area (Å²) in [5, 5.41) is 2.98. The Morgan fingerprint density at radius 3 is 2.46 bits per heavy atom. The second-order valence-corrected chi connectivity index (χ2v) is 6.63. The van der Waals surface area contributed by atoms with Gasteiger partial charge in [0.05, 0.1) is 5.69 Å². The summed E-state index contributed by atoms with van der Waals surface area (Å²) in [5.74, 6) is -2.30. The van der Waals surface area contributed by atoms with Gasteiger partial charge in [-0.05, 0) is 43.2 Å². The molecule has 4 nitrogen and oxygen atoms in total. The molecule has 0 aliphatic carbocycles. The van der Waals surface area contributed by atoms with Gasteiger partial charge in [-0.3, -0.25) is 9.59 Å². The summed E-state index contributed by atoms with van der Waals surface area (Å²) in [4.78, 5) is 26.5. The number of likely N-dealkylation sites (tertiary alicyclic amines) is 1. The van der Waals surface area contributed by atoms with E-state index in [2.05, 4.69) is 5.32 Å². The van der Waals surface area contributed by atoms with Crippen LogP contribution in [0.25, 0.3) is 0 Å². The number of hydrogen-bond acceptors (Lipinski definition) is 2. The topological polar surface area (TPSA) is 49.4 Å². The van der Waals surface area contributed by atoms with Crippen molar-refractivity contribution in [2.75, 3.05) is 18.4 Å². The number of amides is 2. The van der Waals surface area contributed by atoms with Crippen molar-refractivity contribution in [1.29, 1.82) is 0 Å². The van der Waals surface area contributed by atoms with Crippen LogP contribution in [0.3, 0.4) is 0 Å². The van der Waals surface area contributed by atoms with Gasteiger partial charge in [-0.2, -0.15) is 0 Å². The van der Waals surface area contributed by atoms with E-state index in [0.717, 1.165) is 12.1 Å². The highest BCUT2D eigenvalue weighted by Gasteiger charge is 2.28. The van der Waals surface area contributed by atoms with Crippen molar-refractivity contribution in [3.05, 3.63) is 64.7 Å². The smallest absolute Gasteiger partial charge is 0.253 e. The lowest BCUT2D eigenvalue weighted by atomic mass is 9.95. The Kier molecular flexibility index (Phi) is 5.52. The molecule has 3 rings (SSSR count). The van der Waals surface area contributed by atoms with E-state index >= 15 is 0 Å². The third-order valence-electron chi connectivity index (χ3n) is 4.41. The molecule has 136 valence electrons. The van der Waals surface area contributed by atoms with Crippen LogP contribution in [-0.2, 0) is 4.79 Å². The summed E-state index contributed by atoms with van der Waals surface area (Å²) < 4.78 is 26.6. The Labute approximate surface area is 154 Å². The maximum Gasteiger partial charge on any atom is 0.253 e. The van der Waals surface area contributed by atoms with Crippen LogP contribution >= 0.6 is 11.6 Å². The minimum atomic E-state index is -0.813. The molecule has 1 saturated heterocycles. The zero-order chi connectivity index (χ0) is 18.7. The lowest BCUT2D eigenvalue weighted by Crippen LogP contribution is -2.41. The van der Waals surface area contributed by atoms with Crippen molar-refractivity contribution >= 4 is 29.1 Å². The average molecular weight is 379 g/mol. The minimum absolute atomic E-state index is 0.0474. The monoisotopic (exact) mass is 378 g/mol. The number of nitrogens with one attached hydrogen (secondary N) is 1. The molecule has 1 heterocycles. The fourth-order valence-corrected chi connectivity index (χ4v) is 3.16. The molecule has 0 saturated carbocycles. The first-order valence-corrected chi connectivity index (χ1v) is 8.62. The third kappa shape index (κ3) is 4.19. The predicted molar refractivity (Wildman–Crippen MR) is 95.1 cm³/mol. The highest BCUT2D eigenvalue weighted by molar-refractivity contribution is 6.30. The van der Waals surface area contributed by atoms with Gasteiger partial charge in [-0.25, -0.2) is 8.78 Å². The van der Waals surface area contributed by atoms with Gasteiger partial charge in [0.1, 0.15) is 11.6 Å². The zero-order valence-corrected chi connectivity index (χ0v) is 14.6. The number of piperidine rings is 1. The van der Waals surface area contributed by atoms with Crippen molar-refractivity contribution in [3.8, 4) is 0 Å². The summed E-state index contributed by atoms with van der Waals surface area (Å²) >= 11 is 5.91. The van der Waals surface area contributed by atoms with Gasteiger partial charge in [-0.1, -0.05) is 17.7 Å². The van der Waals surface area contributed by atoms with Crippen LogP contribution in [0.1, 0.15) is 23.2 Å². The SMILES string of the molecule is O=C(Nc1ccc(F)cc1F)C1CCN(C(=O)c2cccc(Cl)c2)CC1. The molecule has 1 aliphatic heterocycles. The Bertz CT molecular complexity index is 836. The molecule has 0 atom stereocenters. The van der Waals surface area contributed by atoms with Crippen molar-refractivity contribution in [1.82, 2.24) is 4.90 Å². The lowest BCUT2D eigenvalue weighted by molar-refractivity contribution is -0.121. The van der Waals surface area contributed by atoms with E-state index < -0.39 is 11.6 Å². The van der Waals surface area contributed by atoms with Crippen molar-refractivity contribution in [2.24, 2.45) is 5.92 Å². The fraction of sp³-hybridized carbons (Fsp3) is 0.263. The number of carbonyl (C=O) groups excluding carboxylic acids is 2. The summed E-state index contributed by atoms with van der Waals surface area (Å²) in [6, 6.07) is 9.73. The first kappa shape index (κ1) is 18.3. The molecule has 7 heteroatoms. The summed E-state index contributed by atoms with van der Waals surface area (Å²) in [6.45, 7) is 0.852. The summed E-state index contributed by atoms with van der Waals surface area (Å²) in [6.07, 6.45) is 0.946. The molecular formula is C19H17ClF2N2O2. The van der Waals surface area contributed by atoms with Gasteiger partial charge in [0.2, 0.25) is 5.91 Å². The van der Waals surface area contributed by atoms with E-state index in [1.165, 1.54) is 6.07 Å². The largest absolute Gasteiger partial charge is 0.339 e. The van der Waals surface area contributed by atoms with E-state index in [1.54, 1.807) is 29.2 Å². The number of anilines is 1. The fourth-order valence-electron chi connectivity index (χ4n) is 2.97. The predicted octanol–water partition coefficient (Wildman–Crippen LogP) is 4.11. The van der Waals surface area contributed by atoms with E-state index in [4.69, 9.17) is 11.6 Å². The first-order chi connectivity index (χ1) is 12.4. The molecule has 0 bridgehead atoms. The molecule has 2 aromatic carbocycles. The molecule has 0 unspecified atom stereocenters. The van der Waals surface area contributed by atoms with Crippen LogP contribution in [0.5, 0.6) is 0 Å². The molecule has 2 aromatic rings. The highest BCUT2D eigenvalue weighted by Crippen LogP contribution is 2.23. The third-order valence-corrected chi connectivity index (χ3v) is 4.65. The quantitative estimate of drug-likeness (QED) is 0.873. The highest BCUT2D eigenvalue weighted by atomic mass is 35.5. The molecule has 1 N–H and O–H groups in total. The molecule has 1 fully saturated rings. The maximum absolute atomic E-state index is 13.6. The number of rotatable bonds is 3. The molecule has 0 aromatic heterocycles. The van der Waals surface area contributed by atoms with E-state index in [0.29, 0.717) is 36.5 Å².